The van der Waals surface area contributed by atoms with Crippen LogP contribution < -0.4 is 10.2 Å². The third-order valence-corrected chi connectivity index (χ3v) is 5.05. The predicted octanol–water partition coefficient (Wildman–Crippen LogP) is 3.45. The Kier molecular flexibility index (Phi) is 5.43. The van der Waals surface area contributed by atoms with Crippen LogP contribution in [0.1, 0.15) is 5.56 Å². The van der Waals surface area contributed by atoms with Crippen molar-refractivity contribution in [1.82, 2.24) is 10.2 Å². The van der Waals surface area contributed by atoms with Crippen LogP contribution in [0.15, 0.2) is 58.5 Å². The van der Waals surface area contributed by atoms with Gasteiger partial charge in [0.1, 0.15) is 18.7 Å². The van der Waals surface area contributed by atoms with Crippen LogP contribution in [0, 0.1) is 5.82 Å². The number of guanidine groups is 1. The maximum Gasteiger partial charge on any atom is 0.221 e. The molecule has 0 amide bonds. The largest absolute Gasteiger partial charge is 0.366 e. The molecule has 0 bridgehead atoms. The molecule has 8 heteroatoms. The minimum absolute atomic E-state index is 0.253. The summed E-state index contributed by atoms with van der Waals surface area (Å²) in [5.41, 5.74) is 1.91. The van der Waals surface area contributed by atoms with Gasteiger partial charge in [-0.1, -0.05) is 23.7 Å². The Labute approximate surface area is 167 Å². The fraction of sp³-hybridized carbons (Fsp3) is 0.300. The molecule has 2 aliphatic heterocycles. The Morgan fingerprint density at radius 2 is 1.82 bits per heavy atom. The maximum atomic E-state index is 14.4. The highest BCUT2D eigenvalue weighted by Crippen LogP contribution is 2.22. The van der Waals surface area contributed by atoms with Gasteiger partial charge in [-0.05, 0) is 42.0 Å². The van der Waals surface area contributed by atoms with E-state index in [0.29, 0.717) is 30.7 Å². The number of hydrogen-bond acceptors (Lipinski definition) is 5. The van der Waals surface area contributed by atoms with Crippen molar-refractivity contribution in [3.8, 4) is 0 Å². The van der Waals surface area contributed by atoms with Gasteiger partial charge in [-0.3, -0.25) is 0 Å². The Bertz CT molecular complexity index is 869. The predicted molar refractivity (Wildman–Crippen MR) is 108 cm³/mol. The Morgan fingerprint density at radius 3 is 2.50 bits per heavy atom. The first-order valence-electron chi connectivity index (χ1n) is 9.05. The molecule has 4 rings (SSSR count). The maximum absolute atomic E-state index is 14.4. The summed E-state index contributed by atoms with van der Waals surface area (Å²) >= 11 is 5.90. The Hall–Kier alpha value is -2.67. The molecule has 2 aromatic rings. The summed E-state index contributed by atoms with van der Waals surface area (Å²) in [4.78, 5) is 12.6. The average molecular weight is 404 g/mol. The molecule has 0 saturated carbocycles. The zero-order chi connectivity index (χ0) is 19.5. The molecular formula is C20H20ClF2N5. The second-order valence-electron chi connectivity index (χ2n) is 6.89. The van der Waals surface area contributed by atoms with E-state index in [9.17, 15) is 8.78 Å². The van der Waals surface area contributed by atoms with Crippen molar-refractivity contribution in [3.05, 3.63) is 64.9 Å². The highest BCUT2D eigenvalue weighted by atomic mass is 35.5. The van der Waals surface area contributed by atoms with E-state index in [1.165, 1.54) is 12.1 Å². The van der Waals surface area contributed by atoms with Gasteiger partial charge in [0.05, 0.1) is 18.9 Å². The summed E-state index contributed by atoms with van der Waals surface area (Å²) in [7, 11) is 0. The van der Waals surface area contributed by atoms with Crippen LogP contribution in [0.25, 0.3) is 0 Å². The first kappa shape index (κ1) is 18.7. The molecule has 5 nitrogen and oxygen atoms in total. The third kappa shape index (κ3) is 4.42. The number of aliphatic imine (C=N–C) groups is 2. The van der Waals surface area contributed by atoms with Gasteiger partial charge in [0.25, 0.3) is 0 Å². The number of rotatable bonds is 4. The van der Waals surface area contributed by atoms with Crippen LogP contribution in [-0.4, -0.2) is 49.2 Å². The van der Waals surface area contributed by atoms with Crippen LogP contribution >= 0.6 is 11.6 Å². The number of hydrogen-bond donors (Lipinski definition) is 1. The van der Waals surface area contributed by atoms with Crippen molar-refractivity contribution in [1.29, 1.82) is 0 Å². The summed E-state index contributed by atoms with van der Waals surface area (Å²) in [6, 6.07) is 13.3. The van der Waals surface area contributed by atoms with Gasteiger partial charge in [0.15, 0.2) is 0 Å². The van der Waals surface area contributed by atoms with Crippen LogP contribution in [0.4, 0.5) is 14.5 Å². The number of alkyl halides is 1. The Morgan fingerprint density at radius 1 is 1.07 bits per heavy atom. The monoisotopic (exact) mass is 403 g/mol. The minimum Gasteiger partial charge on any atom is -0.366 e. The van der Waals surface area contributed by atoms with Gasteiger partial charge >= 0.3 is 0 Å². The molecular weight excluding hydrogens is 384 g/mol. The van der Waals surface area contributed by atoms with Crippen molar-refractivity contribution >= 4 is 29.6 Å². The molecule has 2 aromatic carbocycles. The third-order valence-electron chi connectivity index (χ3n) is 4.80. The number of benzene rings is 2. The summed E-state index contributed by atoms with van der Waals surface area (Å²) in [5, 5.41) is 3.79. The molecule has 28 heavy (non-hydrogen) atoms. The zero-order valence-corrected chi connectivity index (χ0v) is 15.9. The van der Waals surface area contributed by atoms with E-state index in [-0.39, 0.29) is 12.4 Å². The van der Waals surface area contributed by atoms with Gasteiger partial charge < -0.3 is 15.1 Å². The van der Waals surface area contributed by atoms with Crippen molar-refractivity contribution in [2.75, 3.05) is 24.7 Å². The molecule has 0 radical (unpaired) electrons. The van der Waals surface area contributed by atoms with Gasteiger partial charge in [0, 0.05) is 23.8 Å². The lowest BCUT2D eigenvalue weighted by Crippen LogP contribution is -2.43. The van der Waals surface area contributed by atoms with Crippen LogP contribution in [0.3, 0.4) is 0 Å². The molecule has 1 unspecified atom stereocenters. The molecule has 1 N–H and O–H groups in total. The molecule has 2 atom stereocenters. The molecule has 0 aromatic heterocycles. The number of nitrogens with one attached hydrogen (secondary N) is 1. The first-order chi connectivity index (χ1) is 13.6. The SMILES string of the molecule is Fc1ccc(N2CC(F)[C@H](NC3=NCN(Cc4ccc(Cl)cc4)C=N3)C2)cc1. The van der Waals surface area contributed by atoms with Crippen molar-refractivity contribution in [2.24, 2.45) is 9.98 Å². The van der Waals surface area contributed by atoms with E-state index in [0.717, 1.165) is 11.3 Å². The van der Waals surface area contributed by atoms with Crippen molar-refractivity contribution in [3.63, 3.8) is 0 Å². The molecule has 0 aliphatic carbocycles. The van der Waals surface area contributed by atoms with E-state index in [4.69, 9.17) is 11.6 Å². The zero-order valence-electron chi connectivity index (χ0n) is 15.1. The summed E-state index contributed by atoms with van der Waals surface area (Å²) in [6.07, 6.45) is 0.652. The average Bonchev–Trinajstić information content (AvgIpc) is 3.06. The standard InChI is InChI=1S/C20H20ClF2N5/c21-15-3-1-14(2-4-15)9-27-12-24-20(25-13-27)26-19-11-28(10-18(19)23)17-7-5-16(22)6-8-17/h1-8,12,18-19H,9-11,13H2,(H,25,26)/t18?,19-/m1/s1. The first-order valence-corrected chi connectivity index (χ1v) is 9.43. The van der Waals surface area contributed by atoms with E-state index >= 15 is 0 Å². The second kappa shape index (κ2) is 8.14. The number of anilines is 1. The second-order valence-corrected chi connectivity index (χ2v) is 7.33. The normalized spacial score (nSPS) is 21.8. The molecule has 146 valence electrons. The molecule has 1 saturated heterocycles. The van der Waals surface area contributed by atoms with Crippen LogP contribution in [0.5, 0.6) is 0 Å². The summed E-state index contributed by atoms with van der Waals surface area (Å²) in [5.74, 6) is 0.129. The number of halogens is 3. The van der Waals surface area contributed by atoms with Gasteiger partial charge in [0.2, 0.25) is 5.96 Å². The molecule has 2 heterocycles. The van der Waals surface area contributed by atoms with Crippen molar-refractivity contribution in [2.45, 2.75) is 18.8 Å². The summed E-state index contributed by atoms with van der Waals surface area (Å²) < 4.78 is 27.5. The fourth-order valence-corrected chi connectivity index (χ4v) is 3.42. The smallest absolute Gasteiger partial charge is 0.221 e. The lowest BCUT2D eigenvalue weighted by atomic mass is 10.2. The van der Waals surface area contributed by atoms with E-state index < -0.39 is 12.2 Å². The van der Waals surface area contributed by atoms with Gasteiger partial charge in [-0.25, -0.2) is 18.8 Å². The molecule has 2 aliphatic rings. The highest BCUT2D eigenvalue weighted by molar-refractivity contribution is 6.30. The van der Waals surface area contributed by atoms with E-state index in [1.54, 1.807) is 18.5 Å². The lowest BCUT2D eigenvalue weighted by Gasteiger charge is -2.23. The van der Waals surface area contributed by atoms with Gasteiger partial charge in [-0.15, -0.1) is 0 Å². The van der Waals surface area contributed by atoms with Crippen molar-refractivity contribution < 1.29 is 8.78 Å². The minimum atomic E-state index is -1.06. The topological polar surface area (TPSA) is 43.2 Å². The van der Waals surface area contributed by atoms with Gasteiger partial charge in [-0.2, -0.15) is 0 Å². The Balaban J connectivity index is 1.31. The highest BCUT2D eigenvalue weighted by Gasteiger charge is 2.33. The quantitative estimate of drug-likeness (QED) is 0.850. The van der Waals surface area contributed by atoms with E-state index in [2.05, 4.69) is 15.3 Å². The van der Waals surface area contributed by atoms with E-state index in [1.807, 2.05) is 34.1 Å². The lowest BCUT2D eigenvalue weighted by molar-refractivity contribution is 0.318. The van der Waals surface area contributed by atoms with Crippen LogP contribution in [-0.2, 0) is 6.54 Å². The molecule has 0 spiro atoms. The number of nitrogens with zero attached hydrogens (tertiary/aromatic N) is 4. The summed E-state index contributed by atoms with van der Waals surface area (Å²) in [6.45, 7) is 1.84. The van der Waals surface area contributed by atoms with Crippen LogP contribution in [0.2, 0.25) is 5.02 Å². The fourth-order valence-electron chi connectivity index (χ4n) is 3.30. The molecule has 1 fully saturated rings.